The maximum atomic E-state index is 11.9. The Morgan fingerprint density at radius 1 is 1.50 bits per heavy atom. The fourth-order valence-electron chi connectivity index (χ4n) is 3.94. The summed E-state index contributed by atoms with van der Waals surface area (Å²) in [6.07, 6.45) is 0.941. The zero-order chi connectivity index (χ0) is 18.1. The number of aromatic nitrogens is 1. The molecule has 0 saturated carbocycles. The first kappa shape index (κ1) is 18.7. The van der Waals surface area contributed by atoms with Crippen LogP contribution >= 0.6 is 0 Å². The van der Waals surface area contributed by atoms with E-state index < -0.39 is 6.09 Å². The largest absolute Gasteiger partial charge is 0.498 e. The molecule has 1 N–H and O–H groups in total. The molecule has 1 amide bonds. The number of hydrogen-bond donors (Lipinski definition) is 1. The van der Waals surface area contributed by atoms with E-state index in [2.05, 4.69) is 22.1 Å². The lowest BCUT2D eigenvalue weighted by atomic mass is 9.95. The van der Waals surface area contributed by atoms with Crippen LogP contribution < -0.4 is 10.4 Å². The maximum absolute atomic E-state index is 11.9. The van der Waals surface area contributed by atoms with Gasteiger partial charge in [-0.1, -0.05) is 0 Å². The van der Waals surface area contributed by atoms with Gasteiger partial charge in [0.2, 0.25) is 0 Å². The molecule has 1 unspecified atom stereocenters. The van der Waals surface area contributed by atoms with E-state index in [9.17, 15) is 9.90 Å². The highest BCUT2D eigenvalue weighted by Gasteiger charge is 2.49. The third-order valence-corrected chi connectivity index (χ3v) is 5.44. The number of rotatable bonds is 3. The Hall–Kier alpha value is -1.66. The number of pyridine rings is 1. The Bertz CT molecular complexity index is 612. The zero-order valence-electron chi connectivity index (χ0n) is 15.7. The summed E-state index contributed by atoms with van der Waals surface area (Å²) in [4.78, 5) is 18.7. The average molecular weight is 334 g/mol. The van der Waals surface area contributed by atoms with Crippen molar-refractivity contribution in [2.75, 3.05) is 32.0 Å². The van der Waals surface area contributed by atoms with E-state index in [0.29, 0.717) is 6.54 Å². The summed E-state index contributed by atoms with van der Waals surface area (Å²) in [5.41, 5.74) is 2.01. The first-order valence-electron chi connectivity index (χ1n) is 8.57. The Morgan fingerprint density at radius 2 is 2.17 bits per heavy atom. The number of nitrogens with one attached hydrogen (secondary N) is 1. The van der Waals surface area contributed by atoms with Gasteiger partial charge in [0.1, 0.15) is 11.9 Å². The van der Waals surface area contributed by atoms with E-state index in [0.717, 1.165) is 25.5 Å². The lowest BCUT2D eigenvalue weighted by molar-refractivity contribution is -0.943. The number of carboxylic acid groups (broad SMARTS) is 1. The minimum Gasteiger partial charge on any atom is -0.498 e. The second kappa shape index (κ2) is 6.69. The van der Waals surface area contributed by atoms with Crippen molar-refractivity contribution in [1.82, 2.24) is 9.88 Å². The van der Waals surface area contributed by atoms with E-state index in [4.69, 9.17) is 0 Å². The van der Waals surface area contributed by atoms with Gasteiger partial charge >= 0.3 is 0 Å². The molecule has 0 spiro atoms. The van der Waals surface area contributed by atoms with Crippen molar-refractivity contribution in [3.63, 3.8) is 0 Å². The Kier molecular flexibility index (Phi) is 5.20. The maximum Gasteiger partial charge on any atom is 0.258 e. The van der Waals surface area contributed by atoms with Gasteiger partial charge in [-0.3, -0.25) is 9.38 Å². The van der Waals surface area contributed by atoms with Gasteiger partial charge in [-0.2, -0.15) is 0 Å². The summed E-state index contributed by atoms with van der Waals surface area (Å²) < 4.78 is 0.0133. The molecule has 1 aromatic rings. The number of aryl methyl sites for hydroxylation is 1. The fourth-order valence-corrected chi connectivity index (χ4v) is 3.94. The Balaban J connectivity index is 2.15. The van der Waals surface area contributed by atoms with Crippen LogP contribution in [0.2, 0.25) is 0 Å². The van der Waals surface area contributed by atoms with E-state index in [-0.39, 0.29) is 16.1 Å². The predicted molar refractivity (Wildman–Crippen MR) is 93.5 cm³/mol. The predicted octanol–water partition coefficient (Wildman–Crippen LogP) is 1.59. The van der Waals surface area contributed by atoms with Crippen LogP contribution in [0.25, 0.3) is 0 Å². The highest BCUT2D eigenvalue weighted by Crippen LogP contribution is 2.32. The number of amides is 1. The van der Waals surface area contributed by atoms with Crippen molar-refractivity contribution in [1.29, 1.82) is 0 Å². The lowest BCUT2D eigenvalue weighted by Crippen LogP contribution is -2.76. The second-order valence-corrected chi connectivity index (χ2v) is 7.86. The van der Waals surface area contributed by atoms with Gasteiger partial charge in [-0.25, -0.2) is 4.98 Å². The number of carbonyl (C=O) groups is 1. The van der Waals surface area contributed by atoms with Gasteiger partial charge in [0.05, 0.1) is 18.6 Å². The number of carbonyl (C=O) groups excluding carboxylic acids is 1. The summed E-state index contributed by atoms with van der Waals surface area (Å²) in [6.45, 7) is 12.9. The molecular formula is C18H30N4O2. The van der Waals surface area contributed by atoms with Crippen LogP contribution in [-0.2, 0) is 6.54 Å². The van der Waals surface area contributed by atoms with Crippen LogP contribution in [0.3, 0.4) is 0 Å². The van der Waals surface area contributed by atoms with Crippen LogP contribution in [0.4, 0.5) is 10.6 Å². The molecule has 1 aliphatic rings. The monoisotopic (exact) mass is 334 g/mol. The number of anilines is 1. The van der Waals surface area contributed by atoms with Crippen LogP contribution in [-0.4, -0.2) is 58.7 Å². The van der Waals surface area contributed by atoms with Crippen molar-refractivity contribution in [3.05, 3.63) is 23.4 Å². The van der Waals surface area contributed by atoms with Crippen LogP contribution in [0.1, 0.15) is 38.8 Å². The summed E-state index contributed by atoms with van der Waals surface area (Å²) in [5, 5.41) is 15.0. The molecule has 1 saturated heterocycles. The molecule has 1 aliphatic heterocycles. The Morgan fingerprint density at radius 3 is 2.62 bits per heavy atom. The highest BCUT2D eigenvalue weighted by molar-refractivity contribution is 5.55. The number of nitrogens with zero attached hydrogens (tertiary/aromatic N) is 3. The minimum absolute atomic E-state index is 0.0133. The van der Waals surface area contributed by atoms with Gasteiger partial charge in [0.15, 0.2) is 0 Å². The average Bonchev–Trinajstić information content (AvgIpc) is 2.47. The molecular weight excluding hydrogens is 304 g/mol. The van der Waals surface area contributed by atoms with E-state index in [1.807, 2.05) is 47.0 Å². The first-order valence-corrected chi connectivity index (χ1v) is 8.57. The summed E-state index contributed by atoms with van der Waals surface area (Å²) in [5.74, 6) is 0.864. The zero-order valence-corrected chi connectivity index (χ0v) is 15.7. The molecule has 2 rings (SSSR count). The first-order chi connectivity index (χ1) is 11.1. The molecule has 2 atom stereocenters. The van der Waals surface area contributed by atoms with Gasteiger partial charge in [-0.05, 0) is 51.8 Å². The van der Waals surface area contributed by atoms with Crippen LogP contribution in [0.15, 0.2) is 12.3 Å². The van der Waals surface area contributed by atoms with Crippen molar-refractivity contribution in [3.8, 4) is 0 Å². The standard InChI is InChI=1S/C18H30N4O2/c1-13-9-16(19-6)20-10-15(13)12-21-7-8-22(17(23)24,14(2)11-21)18(3,4)5/h9-10,14H,7-8,11-12H2,1-6H3,(H-,19,20,23,24)/t14-,22?/m0/s1. The smallest absolute Gasteiger partial charge is 0.258 e. The molecule has 24 heavy (non-hydrogen) atoms. The van der Waals surface area contributed by atoms with Crippen LogP contribution in [0.5, 0.6) is 0 Å². The minimum atomic E-state index is -0.967. The van der Waals surface area contributed by atoms with Crippen molar-refractivity contribution in [2.24, 2.45) is 0 Å². The van der Waals surface area contributed by atoms with Crippen LogP contribution in [0, 0.1) is 6.92 Å². The third kappa shape index (κ3) is 3.26. The number of piperazine rings is 1. The topological polar surface area (TPSA) is 68.3 Å². The fraction of sp³-hybridized carbons (Fsp3) is 0.667. The molecule has 0 aromatic carbocycles. The van der Waals surface area contributed by atoms with E-state index in [1.54, 1.807) is 0 Å². The molecule has 6 heteroatoms. The SMILES string of the molecule is CNc1cc(C)c(CN2CC[N+](C(=O)[O-])(C(C)(C)C)[C@@H](C)C2)cn1. The van der Waals surface area contributed by atoms with Gasteiger partial charge < -0.3 is 15.2 Å². The molecule has 2 heterocycles. The molecule has 0 radical (unpaired) electrons. The Labute approximate surface area is 145 Å². The number of quaternary nitrogens is 1. The molecule has 0 aliphatic carbocycles. The number of hydrogen-bond acceptors (Lipinski definition) is 5. The van der Waals surface area contributed by atoms with E-state index in [1.165, 1.54) is 11.1 Å². The molecule has 1 aromatic heterocycles. The van der Waals surface area contributed by atoms with Crippen molar-refractivity contribution < 1.29 is 14.4 Å². The molecule has 1 fully saturated rings. The van der Waals surface area contributed by atoms with Gasteiger partial charge in [0, 0.05) is 26.3 Å². The third-order valence-electron chi connectivity index (χ3n) is 5.44. The van der Waals surface area contributed by atoms with Crippen molar-refractivity contribution in [2.45, 2.75) is 52.7 Å². The normalized spacial score (nSPS) is 25.5. The highest BCUT2D eigenvalue weighted by atomic mass is 16.4. The second-order valence-electron chi connectivity index (χ2n) is 7.86. The summed E-state index contributed by atoms with van der Waals surface area (Å²) in [6, 6.07) is 2.02. The summed E-state index contributed by atoms with van der Waals surface area (Å²) >= 11 is 0. The summed E-state index contributed by atoms with van der Waals surface area (Å²) in [7, 11) is 1.86. The van der Waals surface area contributed by atoms with Gasteiger partial charge in [0.25, 0.3) is 6.09 Å². The molecule has 6 nitrogen and oxygen atoms in total. The quantitative estimate of drug-likeness (QED) is 0.850. The van der Waals surface area contributed by atoms with Gasteiger partial charge in [-0.15, -0.1) is 0 Å². The molecule has 0 bridgehead atoms. The van der Waals surface area contributed by atoms with E-state index >= 15 is 0 Å². The lowest BCUT2D eigenvalue weighted by Gasteiger charge is -2.55. The molecule has 134 valence electrons. The van der Waals surface area contributed by atoms with Crippen molar-refractivity contribution >= 4 is 11.9 Å².